The zero-order chi connectivity index (χ0) is 29.1. The van der Waals surface area contributed by atoms with Gasteiger partial charge in [-0.2, -0.15) is 0 Å². The lowest BCUT2D eigenvalue weighted by Crippen LogP contribution is -2.28. The number of carbonyl (C=O) groups is 1. The average molecular weight is 548 g/mol. The number of nitrogens with zero attached hydrogens (tertiary/aromatic N) is 3. The van der Waals surface area contributed by atoms with Crippen molar-refractivity contribution in [1.82, 2.24) is 15.0 Å². The third-order valence-corrected chi connectivity index (χ3v) is 7.70. The molecule has 0 unspecified atom stereocenters. The Balaban J connectivity index is 1.71. The first kappa shape index (κ1) is 26.8. The van der Waals surface area contributed by atoms with Crippen molar-refractivity contribution in [3.05, 3.63) is 83.1 Å². The number of fused-ring (bicyclic) bond motifs is 1. The summed E-state index contributed by atoms with van der Waals surface area (Å²) in [5.74, 6) is -0.235. The first-order valence-electron chi connectivity index (χ1n) is 13.8. The third-order valence-electron chi connectivity index (χ3n) is 7.70. The monoisotopic (exact) mass is 547 g/mol. The lowest BCUT2D eigenvalue weighted by Gasteiger charge is -2.29. The largest absolute Gasteiger partial charge is 0.493 e. The van der Waals surface area contributed by atoms with Gasteiger partial charge in [0.05, 0.1) is 17.7 Å². The zero-order valence-corrected chi connectivity index (χ0v) is 24.2. The highest BCUT2D eigenvalue weighted by molar-refractivity contribution is 6.09. The molecule has 1 aliphatic rings. The maximum atomic E-state index is 12.8. The van der Waals surface area contributed by atoms with Gasteiger partial charge in [-0.3, -0.25) is 4.98 Å². The Labute approximate surface area is 239 Å². The van der Waals surface area contributed by atoms with E-state index < -0.39 is 17.7 Å². The van der Waals surface area contributed by atoms with Crippen molar-refractivity contribution in [1.29, 1.82) is 0 Å². The van der Waals surface area contributed by atoms with Gasteiger partial charge >= 0.3 is 5.97 Å². The van der Waals surface area contributed by atoms with Gasteiger partial charge in [0.1, 0.15) is 12.1 Å². The number of rotatable bonds is 5. The summed E-state index contributed by atoms with van der Waals surface area (Å²) in [5.41, 5.74) is 8.22. The van der Waals surface area contributed by atoms with E-state index in [1.165, 1.54) is 5.56 Å². The van der Waals surface area contributed by atoms with Gasteiger partial charge in [-0.25, -0.2) is 14.8 Å². The number of benzene rings is 3. The molecule has 0 aliphatic carbocycles. The SMILES string of the molecule is Cc1cc2cc(-c3c(C)ncnc3C)ccc2c(-c2ccc3c4c(ccnc24)CCO3)c1[C@H](OC(C)(C)C)C(=O)O. The summed E-state index contributed by atoms with van der Waals surface area (Å²) in [5, 5.41) is 13.4. The number of pyridine rings is 1. The Hall–Kier alpha value is -4.36. The number of hydrogen-bond acceptors (Lipinski definition) is 6. The fourth-order valence-corrected chi connectivity index (χ4v) is 6.05. The van der Waals surface area contributed by atoms with E-state index in [1.54, 1.807) is 6.33 Å². The highest BCUT2D eigenvalue weighted by Crippen LogP contribution is 2.45. The Morgan fingerprint density at radius 1 is 0.976 bits per heavy atom. The fraction of sp³-hybridized carbons (Fsp3) is 0.294. The number of aliphatic carboxylic acids is 1. The van der Waals surface area contributed by atoms with E-state index in [0.29, 0.717) is 12.2 Å². The van der Waals surface area contributed by atoms with E-state index >= 15 is 0 Å². The molecular weight excluding hydrogens is 514 g/mol. The van der Waals surface area contributed by atoms with E-state index in [-0.39, 0.29) is 0 Å². The predicted octanol–water partition coefficient (Wildman–Crippen LogP) is 7.31. The highest BCUT2D eigenvalue weighted by atomic mass is 16.5. The van der Waals surface area contributed by atoms with E-state index in [1.807, 2.05) is 65.9 Å². The minimum absolute atomic E-state index is 0.620. The van der Waals surface area contributed by atoms with Gasteiger partial charge < -0.3 is 14.6 Å². The van der Waals surface area contributed by atoms with Crippen LogP contribution in [0, 0.1) is 20.8 Å². The molecule has 0 fully saturated rings. The molecule has 6 rings (SSSR count). The van der Waals surface area contributed by atoms with Crippen LogP contribution in [0.2, 0.25) is 0 Å². The second-order valence-corrected chi connectivity index (χ2v) is 11.7. The summed E-state index contributed by atoms with van der Waals surface area (Å²) in [6, 6.07) is 14.3. The molecule has 3 aromatic carbocycles. The van der Waals surface area contributed by atoms with Gasteiger partial charge in [-0.1, -0.05) is 18.2 Å². The Morgan fingerprint density at radius 3 is 2.44 bits per heavy atom. The second kappa shape index (κ2) is 9.93. The van der Waals surface area contributed by atoms with Crippen LogP contribution in [0.25, 0.3) is 43.9 Å². The summed E-state index contributed by atoms with van der Waals surface area (Å²) < 4.78 is 12.2. The molecular formula is C34H33N3O4. The first-order valence-corrected chi connectivity index (χ1v) is 13.8. The Bertz CT molecular complexity index is 1830. The van der Waals surface area contributed by atoms with Crippen molar-refractivity contribution in [2.75, 3.05) is 6.61 Å². The van der Waals surface area contributed by atoms with Crippen molar-refractivity contribution in [2.24, 2.45) is 0 Å². The van der Waals surface area contributed by atoms with Crippen LogP contribution >= 0.6 is 0 Å². The fourth-order valence-electron chi connectivity index (χ4n) is 6.05. The lowest BCUT2D eigenvalue weighted by atomic mass is 9.84. The predicted molar refractivity (Wildman–Crippen MR) is 160 cm³/mol. The molecule has 1 atom stereocenters. The van der Waals surface area contributed by atoms with Crippen LogP contribution in [0.3, 0.4) is 0 Å². The van der Waals surface area contributed by atoms with E-state index in [2.05, 4.69) is 34.2 Å². The third kappa shape index (κ3) is 4.70. The molecule has 0 spiro atoms. The maximum Gasteiger partial charge on any atom is 0.337 e. The van der Waals surface area contributed by atoms with Crippen LogP contribution in [0.15, 0.2) is 55.0 Å². The van der Waals surface area contributed by atoms with Crippen molar-refractivity contribution >= 4 is 27.6 Å². The minimum Gasteiger partial charge on any atom is -0.493 e. The van der Waals surface area contributed by atoms with E-state index in [9.17, 15) is 9.90 Å². The van der Waals surface area contributed by atoms with Crippen molar-refractivity contribution < 1.29 is 19.4 Å². The topological polar surface area (TPSA) is 94.4 Å². The number of hydrogen-bond donors (Lipinski definition) is 1. The molecule has 208 valence electrons. The summed E-state index contributed by atoms with van der Waals surface area (Å²) in [6.07, 6.45) is 3.03. The van der Waals surface area contributed by atoms with Crippen LogP contribution in [0.4, 0.5) is 0 Å². The number of aryl methyl sites for hydroxylation is 3. The molecule has 0 radical (unpaired) electrons. The second-order valence-electron chi connectivity index (χ2n) is 11.7. The summed E-state index contributed by atoms with van der Waals surface area (Å²) in [7, 11) is 0. The summed E-state index contributed by atoms with van der Waals surface area (Å²) in [4.78, 5) is 26.5. The molecule has 1 N–H and O–H groups in total. The van der Waals surface area contributed by atoms with Gasteiger partial charge in [0.2, 0.25) is 0 Å². The van der Waals surface area contributed by atoms with Gasteiger partial charge in [-0.05, 0) is 98.8 Å². The van der Waals surface area contributed by atoms with E-state index in [4.69, 9.17) is 14.5 Å². The summed E-state index contributed by atoms with van der Waals surface area (Å²) >= 11 is 0. The molecule has 7 nitrogen and oxygen atoms in total. The molecule has 41 heavy (non-hydrogen) atoms. The molecule has 3 heterocycles. The van der Waals surface area contributed by atoms with Crippen LogP contribution in [0.1, 0.15) is 55.0 Å². The molecule has 7 heteroatoms. The maximum absolute atomic E-state index is 12.8. The molecule has 2 aromatic heterocycles. The Kier molecular flexibility index (Phi) is 6.50. The number of carboxylic acid groups (broad SMARTS) is 1. The molecule has 1 aliphatic heterocycles. The smallest absolute Gasteiger partial charge is 0.337 e. The number of aromatic nitrogens is 3. The van der Waals surface area contributed by atoms with Crippen LogP contribution < -0.4 is 4.74 Å². The van der Waals surface area contributed by atoms with Crippen molar-refractivity contribution in [3.8, 4) is 28.0 Å². The van der Waals surface area contributed by atoms with Crippen molar-refractivity contribution in [2.45, 2.75) is 59.7 Å². The van der Waals surface area contributed by atoms with Crippen LogP contribution in [0.5, 0.6) is 5.75 Å². The highest BCUT2D eigenvalue weighted by Gasteiger charge is 2.32. The minimum atomic E-state index is -1.18. The van der Waals surface area contributed by atoms with Crippen LogP contribution in [-0.4, -0.2) is 38.2 Å². The molecule has 0 amide bonds. The Morgan fingerprint density at radius 2 is 1.73 bits per heavy atom. The molecule has 5 aromatic rings. The standard InChI is InChI=1S/C34H33N3O4/c1-18-15-23-16-22(28-19(2)36-17-37-20(28)3)7-8-24(23)30(27(18)32(33(38)39)41-34(4,5)6)25-9-10-26-29-21(12-14-40-26)11-13-35-31(25)29/h7-11,13,15-17,32H,12,14H2,1-6H3,(H,38,39)/t32-/m0/s1. The first-order chi connectivity index (χ1) is 19.5. The average Bonchev–Trinajstić information content (AvgIpc) is 2.91. The summed E-state index contributed by atoms with van der Waals surface area (Å²) in [6.45, 7) is 12.2. The number of ether oxygens (including phenoxy) is 2. The van der Waals surface area contributed by atoms with Gasteiger partial charge in [0, 0.05) is 46.1 Å². The van der Waals surface area contributed by atoms with Gasteiger partial charge in [-0.15, -0.1) is 0 Å². The zero-order valence-electron chi connectivity index (χ0n) is 24.2. The van der Waals surface area contributed by atoms with Crippen LogP contribution in [-0.2, 0) is 16.0 Å². The van der Waals surface area contributed by atoms with Crippen molar-refractivity contribution in [3.63, 3.8) is 0 Å². The number of carboxylic acids is 1. The molecule has 0 saturated carbocycles. The molecule has 0 saturated heterocycles. The normalized spacial score (nSPS) is 13.8. The quantitative estimate of drug-likeness (QED) is 0.246. The van der Waals surface area contributed by atoms with Gasteiger partial charge in [0.25, 0.3) is 0 Å². The molecule has 0 bridgehead atoms. The van der Waals surface area contributed by atoms with E-state index in [0.717, 1.165) is 73.1 Å². The van der Waals surface area contributed by atoms with Gasteiger partial charge in [0.15, 0.2) is 6.10 Å². The lowest BCUT2D eigenvalue weighted by molar-refractivity contribution is -0.160.